The van der Waals surface area contributed by atoms with Crippen LogP contribution in [0.2, 0.25) is 0 Å². The predicted octanol–water partition coefficient (Wildman–Crippen LogP) is 2.40. The van der Waals surface area contributed by atoms with Gasteiger partial charge in [-0.1, -0.05) is 30.3 Å². The summed E-state index contributed by atoms with van der Waals surface area (Å²) in [4.78, 5) is 31.2. The molecule has 0 saturated carbocycles. The molecule has 3 unspecified atom stereocenters. The Morgan fingerprint density at radius 2 is 2.12 bits per heavy atom. The molecule has 0 aliphatic carbocycles. The lowest BCUT2D eigenvalue weighted by Gasteiger charge is -2.31. The molecule has 1 aromatic heterocycles. The van der Waals surface area contributed by atoms with Crippen molar-refractivity contribution in [3.8, 4) is 0 Å². The highest BCUT2D eigenvalue weighted by molar-refractivity contribution is 7.12. The monoisotopic (exact) mass is 470 g/mol. The highest BCUT2D eigenvalue weighted by Gasteiger charge is 2.42. The SMILES string of the molecule is Cc1ccccc1CN(CC1CCCO1)C1CC(C(=O)NCCN)N(C(=O)c2cccs2)C1. The number of hydrogen-bond acceptors (Lipinski definition) is 6. The second kappa shape index (κ2) is 11.2. The highest BCUT2D eigenvalue weighted by Crippen LogP contribution is 2.29. The van der Waals surface area contributed by atoms with Crippen molar-refractivity contribution in [1.82, 2.24) is 15.1 Å². The molecule has 7 nitrogen and oxygen atoms in total. The Morgan fingerprint density at radius 3 is 2.82 bits per heavy atom. The minimum absolute atomic E-state index is 0.0753. The second-order valence-electron chi connectivity index (χ2n) is 8.91. The van der Waals surface area contributed by atoms with Crippen LogP contribution >= 0.6 is 11.3 Å². The number of benzene rings is 1. The molecule has 0 bridgehead atoms. The summed E-state index contributed by atoms with van der Waals surface area (Å²) < 4.78 is 5.96. The number of nitrogens with zero attached hydrogens (tertiary/aromatic N) is 2. The maximum atomic E-state index is 13.3. The van der Waals surface area contributed by atoms with Gasteiger partial charge in [0, 0.05) is 45.4 Å². The van der Waals surface area contributed by atoms with Gasteiger partial charge in [0.25, 0.3) is 5.91 Å². The van der Waals surface area contributed by atoms with Gasteiger partial charge in [-0.15, -0.1) is 11.3 Å². The van der Waals surface area contributed by atoms with Crippen LogP contribution in [0.3, 0.4) is 0 Å². The van der Waals surface area contributed by atoms with E-state index in [1.807, 2.05) is 17.5 Å². The van der Waals surface area contributed by atoms with Crippen molar-refractivity contribution >= 4 is 23.2 Å². The zero-order chi connectivity index (χ0) is 23.2. The zero-order valence-electron chi connectivity index (χ0n) is 19.2. The van der Waals surface area contributed by atoms with Crippen LogP contribution in [0.15, 0.2) is 41.8 Å². The van der Waals surface area contributed by atoms with Crippen LogP contribution in [0.25, 0.3) is 0 Å². The number of rotatable bonds is 9. The summed E-state index contributed by atoms with van der Waals surface area (Å²) in [5.74, 6) is -0.200. The molecule has 0 radical (unpaired) electrons. The molecular formula is C25H34N4O3S. The number of thiophene rings is 1. The van der Waals surface area contributed by atoms with Gasteiger partial charge in [-0.25, -0.2) is 0 Å². The summed E-state index contributed by atoms with van der Waals surface area (Å²) in [6.45, 7) is 5.82. The van der Waals surface area contributed by atoms with E-state index in [1.54, 1.807) is 4.90 Å². The molecule has 3 N–H and O–H groups in total. The van der Waals surface area contributed by atoms with E-state index < -0.39 is 6.04 Å². The molecule has 0 spiro atoms. The molecule has 2 aliphatic rings. The molecule has 2 amide bonds. The van der Waals surface area contributed by atoms with Crippen LogP contribution in [0, 0.1) is 6.92 Å². The number of likely N-dealkylation sites (tertiary alicyclic amines) is 1. The summed E-state index contributed by atoms with van der Waals surface area (Å²) >= 11 is 1.41. The number of hydrogen-bond donors (Lipinski definition) is 2. The minimum Gasteiger partial charge on any atom is -0.377 e. The first-order valence-corrected chi connectivity index (χ1v) is 12.7. The first-order chi connectivity index (χ1) is 16.1. The molecule has 178 valence electrons. The number of carbonyl (C=O) groups excluding carboxylic acids is 2. The maximum absolute atomic E-state index is 13.3. The second-order valence-corrected chi connectivity index (χ2v) is 9.86. The number of nitrogens with two attached hydrogens (primary N) is 1. The van der Waals surface area contributed by atoms with Crippen LogP contribution in [0.1, 0.15) is 40.1 Å². The Hall–Kier alpha value is -2.26. The number of nitrogens with one attached hydrogen (secondary N) is 1. The van der Waals surface area contributed by atoms with Crippen molar-refractivity contribution in [3.63, 3.8) is 0 Å². The van der Waals surface area contributed by atoms with Crippen LogP contribution in [-0.4, -0.2) is 72.6 Å². The fourth-order valence-electron chi connectivity index (χ4n) is 4.81. The topological polar surface area (TPSA) is 87.9 Å². The van der Waals surface area contributed by atoms with E-state index in [0.717, 1.165) is 32.5 Å². The molecule has 8 heteroatoms. The fraction of sp³-hybridized carbons (Fsp3) is 0.520. The Bertz CT molecular complexity index is 929. The van der Waals surface area contributed by atoms with Crippen LogP contribution in [0.5, 0.6) is 0 Å². The number of aryl methyl sites for hydroxylation is 1. The molecule has 3 atom stereocenters. The molecule has 3 heterocycles. The van der Waals surface area contributed by atoms with E-state index in [9.17, 15) is 9.59 Å². The van der Waals surface area contributed by atoms with E-state index in [2.05, 4.69) is 41.4 Å². The van der Waals surface area contributed by atoms with Crippen molar-refractivity contribution in [2.45, 2.75) is 50.9 Å². The minimum atomic E-state index is -0.500. The van der Waals surface area contributed by atoms with E-state index >= 15 is 0 Å². The average Bonchev–Trinajstić information content (AvgIpc) is 3.59. The highest BCUT2D eigenvalue weighted by atomic mass is 32.1. The number of carbonyl (C=O) groups is 2. The Kier molecular flexibility index (Phi) is 8.14. The maximum Gasteiger partial charge on any atom is 0.264 e. The Balaban J connectivity index is 1.57. The van der Waals surface area contributed by atoms with Gasteiger partial charge in [-0.2, -0.15) is 0 Å². The summed E-state index contributed by atoms with van der Waals surface area (Å²) in [5.41, 5.74) is 8.11. The lowest BCUT2D eigenvalue weighted by molar-refractivity contribution is -0.124. The largest absolute Gasteiger partial charge is 0.377 e. The standard InChI is InChI=1S/C25H34N4O3S/c1-18-6-2-3-7-19(18)15-28(17-21-8-4-12-32-21)20-14-22(24(30)27-11-10-26)29(16-20)25(31)23-9-5-13-33-23/h2-3,5-7,9,13,20-22H,4,8,10-12,14-17,26H2,1H3,(H,27,30). The molecule has 1 aromatic carbocycles. The third-order valence-corrected chi connectivity index (χ3v) is 7.49. The van der Waals surface area contributed by atoms with Crippen molar-refractivity contribution in [2.24, 2.45) is 5.73 Å². The van der Waals surface area contributed by atoms with E-state index in [4.69, 9.17) is 10.5 Å². The normalized spacial score (nSPS) is 22.8. The van der Waals surface area contributed by atoms with E-state index in [1.165, 1.54) is 22.5 Å². The molecule has 2 fully saturated rings. The summed E-state index contributed by atoms with van der Waals surface area (Å²) in [6, 6.07) is 11.7. The molecule has 33 heavy (non-hydrogen) atoms. The van der Waals surface area contributed by atoms with Gasteiger partial charge in [0.05, 0.1) is 11.0 Å². The van der Waals surface area contributed by atoms with Gasteiger partial charge in [0.2, 0.25) is 5.91 Å². The molecule has 2 aliphatic heterocycles. The molecule has 4 rings (SSSR count). The molecule has 2 saturated heterocycles. The average molecular weight is 471 g/mol. The van der Waals surface area contributed by atoms with Crippen LogP contribution < -0.4 is 11.1 Å². The third kappa shape index (κ3) is 5.81. The van der Waals surface area contributed by atoms with Gasteiger partial charge < -0.3 is 20.7 Å². The lowest BCUT2D eigenvalue weighted by Crippen LogP contribution is -2.46. The van der Waals surface area contributed by atoms with Crippen molar-refractivity contribution < 1.29 is 14.3 Å². The number of amides is 2. The van der Waals surface area contributed by atoms with Crippen molar-refractivity contribution in [2.75, 3.05) is 32.8 Å². The van der Waals surface area contributed by atoms with Gasteiger partial charge in [-0.3, -0.25) is 14.5 Å². The van der Waals surface area contributed by atoms with E-state index in [0.29, 0.717) is 30.9 Å². The van der Waals surface area contributed by atoms with E-state index in [-0.39, 0.29) is 24.0 Å². The van der Waals surface area contributed by atoms with Crippen molar-refractivity contribution in [1.29, 1.82) is 0 Å². The predicted molar refractivity (Wildman–Crippen MR) is 130 cm³/mol. The van der Waals surface area contributed by atoms with Crippen LogP contribution in [0.4, 0.5) is 0 Å². The van der Waals surface area contributed by atoms with Crippen LogP contribution in [-0.2, 0) is 16.1 Å². The Morgan fingerprint density at radius 1 is 1.27 bits per heavy atom. The van der Waals surface area contributed by atoms with Gasteiger partial charge in [-0.05, 0) is 48.8 Å². The molecule has 2 aromatic rings. The first kappa shape index (κ1) is 23.9. The fourth-order valence-corrected chi connectivity index (χ4v) is 5.48. The van der Waals surface area contributed by atoms with Crippen molar-refractivity contribution in [3.05, 3.63) is 57.8 Å². The van der Waals surface area contributed by atoms with Gasteiger partial charge in [0.1, 0.15) is 6.04 Å². The first-order valence-electron chi connectivity index (χ1n) is 11.8. The van der Waals surface area contributed by atoms with Gasteiger partial charge >= 0.3 is 0 Å². The smallest absolute Gasteiger partial charge is 0.264 e. The Labute approximate surface area is 199 Å². The summed E-state index contributed by atoms with van der Waals surface area (Å²) in [7, 11) is 0. The lowest BCUT2D eigenvalue weighted by atomic mass is 10.0. The number of ether oxygens (including phenoxy) is 1. The summed E-state index contributed by atoms with van der Waals surface area (Å²) in [6.07, 6.45) is 2.93. The third-order valence-electron chi connectivity index (χ3n) is 6.63. The quantitative estimate of drug-likeness (QED) is 0.588. The zero-order valence-corrected chi connectivity index (χ0v) is 20.1. The molecular weight excluding hydrogens is 436 g/mol. The summed E-state index contributed by atoms with van der Waals surface area (Å²) in [5, 5.41) is 4.79. The van der Waals surface area contributed by atoms with Gasteiger partial charge in [0.15, 0.2) is 0 Å².